The topological polar surface area (TPSA) is 41.6 Å². The van der Waals surface area contributed by atoms with E-state index in [2.05, 4.69) is 5.32 Å². The number of halogens is 1. The van der Waals surface area contributed by atoms with Crippen LogP contribution < -0.4 is 5.32 Å². The number of amides is 1. The molecule has 0 saturated heterocycles. The van der Waals surface area contributed by atoms with Gasteiger partial charge in [0, 0.05) is 13.1 Å². The number of rotatable bonds is 0. The first-order chi connectivity index (χ1) is 8.87. The molecule has 1 aliphatic heterocycles. The van der Waals surface area contributed by atoms with Crippen molar-refractivity contribution in [3.63, 3.8) is 0 Å². The number of benzene rings is 1. The van der Waals surface area contributed by atoms with Gasteiger partial charge in [-0.15, -0.1) is 0 Å². The Morgan fingerprint density at radius 3 is 2.84 bits per heavy atom. The number of ether oxygens (including phenoxy) is 1. The molecule has 0 atom stereocenters. The lowest BCUT2D eigenvalue weighted by molar-refractivity contribution is 0.0245. The second kappa shape index (κ2) is 5.29. The lowest BCUT2D eigenvalue weighted by atomic mass is 10.1. The van der Waals surface area contributed by atoms with E-state index in [0.29, 0.717) is 24.7 Å². The van der Waals surface area contributed by atoms with Gasteiger partial charge in [0.05, 0.1) is 17.3 Å². The van der Waals surface area contributed by atoms with Gasteiger partial charge in [0.25, 0.3) is 0 Å². The van der Waals surface area contributed by atoms with Gasteiger partial charge in [-0.05, 0) is 32.4 Å². The van der Waals surface area contributed by atoms with Crippen molar-refractivity contribution >= 4 is 23.4 Å². The SMILES string of the molecule is CC(C)(C)OC(=O)N1CCNc2c(Cl)cccc2C1. The van der Waals surface area contributed by atoms with Crippen LogP contribution in [0.3, 0.4) is 0 Å². The van der Waals surface area contributed by atoms with Crippen molar-refractivity contribution in [1.29, 1.82) is 0 Å². The molecule has 104 valence electrons. The predicted octanol–water partition coefficient (Wildman–Crippen LogP) is 3.50. The van der Waals surface area contributed by atoms with Crippen LogP contribution in [0.5, 0.6) is 0 Å². The quantitative estimate of drug-likeness (QED) is 0.792. The van der Waals surface area contributed by atoms with Crippen molar-refractivity contribution in [3.8, 4) is 0 Å². The first-order valence-corrected chi connectivity index (χ1v) is 6.74. The second-order valence-electron chi connectivity index (χ2n) is 5.60. The lowest BCUT2D eigenvalue weighted by Crippen LogP contribution is -2.37. The molecule has 0 unspecified atom stereocenters. The molecule has 1 aromatic carbocycles. The number of carbonyl (C=O) groups is 1. The second-order valence-corrected chi connectivity index (χ2v) is 6.01. The van der Waals surface area contributed by atoms with Gasteiger partial charge in [-0.25, -0.2) is 4.79 Å². The summed E-state index contributed by atoms with van der Waals surface area (Å²) in [6.07, 6.45) is -0.290. The summed E-state index contributed by atoms with van der Waals surface area (Å²) < 4.78 is 5.40. The van der Waals surface area contributed by atoms with E-state index in [0.717, 1.165) is 11.3 Å². The van der Waals surface area contributed by atoms with E-state index in [1.807, 2.05) is 39.0 Å². The molecule has 0 bridgehead atoms. The molecule has 1 aliphatic rings. The van der Waals surface area contributed by atoms with Gasteiger partial charge < -0.3 is 15.0 Å². The molecule has 0 radical (unpaired) electrons. The average molecular weight is 283 g/mol. The number of nitrogens with one attached hydrogen (secondary N) is 1. The maximum absolute atomic E-state index is 12.1. The van der Waals surface area contributed by atoms with Crippen molar-refractivity contribution < 1.29 is 9.53 Å². The summed E-state index contributed by atoms with van der Waals surface area (Å²) in [5, 5.41) is 3.94. The average Bonchev–Trinajstić information content (AvgIpc) is 2.50. The lowest BCUT2D eigenvalue weighted by Gasteiger charge is -2.26. The molecular formula is C14H19ClN2O2. The van der Waals surface area contributed by atoms with E-state index in [-0.39, 0.29) is 6.09 Å². The zero-order valence-corrected chi connectivity index (χ0v) is 12.3. The van der Waals surface area contributed by atoms with E-state index in [1.54, 1.807) is 4.90 Å². The molecule has 4 nitrogen and oxygen atoms in total. The van der Waals surface area contributed by atoms with E-state index < -0.39 is 5.60 Å². The minimum atomic E-state index is -0.478. The largest absolute Gasteiger partial charge is 0.444 e. The fraction of sp³-hybridized carbons (Fsp3) is 0.500. The molecule has 1 aromatic rings. The maximum Gasteiger partial charge on any atom is 0.410 e. The highest BCUT2D eigenvalue weighted by Gasteiger charge is 2.24. The molecule has 0 aromatic heterocycles. The van der Waals surface area contributed by atoms with Crippen molar-refractivity contribution in [2.75, 3.05) is 18.4 Å². The van der Waals surface area contributed by atoms with Gasteiger partial charge in [0.1, 0.15) is 5.60 Å². The zero-order valence-electron chi connectivity index (χ0n) is 11.5. The summed E-state index contributed by atoms with van der Waals surface area (Å²) in [5.74, 6) is 0. The summed E-state index contributed by atoms with van der Waals surface area (Å²) in [7, 11) is 0. The van der Waals surface area contributed by atoms with Crippen LogP contribution >= 0.6 is 11.6 Å². The summed E-state index contributed by atoms with van der Waals surface area (Å²) in [6.45, 7) is 7.37. The Morgan fingerprint density at radius 1 is 1.42 bits per heavy atom. The third kappa shape index (κ3) is 3.53. The molecule has 2 rings (SSSR count). The van der Waals surface area contributed by atoms with Crippen molar-refractivity contribution in [1.82, 2.24) is 4.90 Å². The molecular weight excluding hydrogens is 264 g/mol. The Labute approximate surface area is 118 Å². The summed E-state index contributed by atoms with van der Waals surface area (Å²) in [5.41, 5.74) is 1.44. The Morgan fingerprint density at radius 2 is 2.16 bits per heavy atom. The normalized spacial score (nSPS) is 15.3. The monoisotopic (exact) mass is 282 g/mol. The molecule has 1 amide bonds. The van der Waals surface area contributed by atoms with Gasteiger partial charge in [-0.2, -0.15) is 0 Å². The molecule has 0 aliphatic carbocycles. The van der Waals surface area contributed by atoms with E-state index in [9.17, 15) is 4.79 Å². The van der Waals surface area contributed by atoms with Crippen molar-refractivity contribution in [2.45, 2.75) is 32.9 Å². The first kappa shape index (κ1) is 14.0. The standard InChI is InChI=1S/C14H19ClN2O2/c1-14(2,3)19-13(18)17-8-7-16-12-10(9-17)5-4-6-11(12)15/h4-6,16H,7-9H2,1-3H3. The molecule has 0 saturated carbocycles. The highest BCUT2D eigenvalue weighted by molar-refractivity contribution is 6.33. The summed E-state index contributed by atoms with van der Waals surface area (Å²) >= 11 is 6.15. The fourth-order valence-electron chi connectivity index (χ4n) is 1.98. The van der Waals surface area contributed by atoms with E-state index >= 15 is 0 Å². The number of nitrogens with zero attached hydrogens (tertiary/aromatic N) is 1. The van der Waals surface area contributed by atoms with Gasteiger partial charge in [0.15, 0.2) is 0 Å². The van der Waals surface area contributed by atoms with Crippen LogP contribution in [0.1, 0.15) is 26.3 Å². The highest BCUT2D eigenvalue weighted by atomic mass is 35.5. The third-order valence-electron chi connectivity index (χ3n) is 2.80. The number of anilines is 1. The summed E-state index contributed by atoms with van der Waals surface area (Å²) in [4.78, 5) is 13.8. The van der Waals surface area contributed by atoms with E-state index in [1.165, 1.54) is 0 Å². The Bertz CT molecular complexity index is 483. The Hall–Kier alpha value is -1.42. The Balaban J connectivity index is 2.16. The minimum absolute atomic E-state index is 0.290. The zero-order chi connectivity index (χ0) is 14.0. The third-order valence-corrected chi connectivity index (χ3v) is 3.11. The van der Waals surface area contributed by atoms with Crippen LogP contribution in [0.4, 0.5) is 10.5 Å². The van der Waals surface area contributed by atoms with Crippen LogP contribution in [0.25, 0.3) is 0 Å². The van der Waals surface area contributed by atoms with Crippen LogP contribution in [-0.2, 0) is 11.3 Å². The molecule has 0 spiro atoms. The predicted molar refractivity (Wildman–Crippen MR) is 76.6 cm³/mol. The first-order valence-electron chi connectivity index (χ1n) is 6.36. The van der Waals surface area contributed by atoms with Crippen LogP contribution in [0.2, 0.25) is 5.02 Å². The highest BCUT2D eigenvalue weighted by Crippen LogP contribution is 2.28. The van der Waals surface area contributed by atoms with Crippen LogP contribution in [0.15, 0.2) is 18.2 Å². The number of hydrogen-bond donors (Lipinski definition) is 1. The molecule has 0 fully saturated rings. The van der Waals surface area contributed by atoms with Gasteiger partial charge >= 0.3 is 6.09 Å². The van der Waals surface area contributed by atoms with Gasteiger partial charge in [-0.1, -0.05) is 23.7 Å². The number of carbonyl (C=O) groups excluding carboxylic acids is 1. The summed E-state index contributed by atoms with van der Waals surface area (Å²) in [6, 6.07) is 5.70. The molecule has 19 heavy (non-hydrogen) atoms. The number of para-hydroxylation sites is 1. The van der Waals surface area contributed by atoms with Crippen LogP contribution in [0, 0.1) is 0 Å². The minimum Gasteiger partial charge on any atom is -0.444 e. The number of fused-ring (bicyclic) bond motifs is 1. The van der Waals surface area contributed by atoms with Gasteiger partial charge in [0.2, 0.25) is 0 Å². The van der Waals surface area contributed by atoms with Crippen molar-refractivity contribution in [2.24, 2.45) is 0 Å². The maximum atomic E-state index is 12.1. The smallest absolute Gasteiger partial charge is 0.410 e. The fourth-order valence-corrected chi connectivity index (χ4v) is 2.24. The van der Waals surface area contributed by atoms with Crippen molar-refractivity contribution in [3.05, 3.63) is 28.8 Å². The van der Waals surface area contributed by atoms with E-state index in [4.69, 9.17) is 16.3 Å². The number of hydrogen-bond acceptors (Lipinski definition) is 3. The Kier molecular flexibility index (Phi) is 3.90. The molecule has 5 heteroatoms. The van der Waals surface area contributed by atoms with Crippen LogP contribution in [-0.4, -0.2) is 29.7 Å². The molecule has 1 heterocycles. The van der Waals surface area contributed by atoms with Gasteiger partial charge in [-0.3, -0.25) is 0 Å². The molecule has 1 N–H and O–H groups in total.